The lowest BCUT2D eigenvalue weighted by Crippen LogP contribution is -2.28. The maximum atomic E-state index is 13.7. The van der Waals surface area contributed by atoms with E-state index in [1.54, 1.807) is 55.5 Å². The Morgan fingerprint density at radius 2 is 2.03 bits per heavy atom. The monoisotopic (exact) mass is 478 g/mol. The van der Waals surface area contributed by atoms with Gasteiger partial charge in [0.25, 0.3) is 5.89 Å². The van der Waals surface area contributed by atoms with Gasteiger partial charge in [-0.15, -0.1) is 5.10 Å². The summed E-state index contributed by atoms with van der Waals surface area (Å²) < 4.78 is 21.4. The van der Waals surface area contributed by atoms with E-state index in [-0.39, 0.29) is 23.8 Å². The van der Waals surface area contributed by atoms with Crippen molar-refractivity contribution in [3.63, 3.8) is 0 Å². The van der Waals surface area contributed by atoms with Crippen molar-refractivity contribution >= 4 is 28.8 Å². The Morgan fingerprint density at radius 1 is 1.18 bits per heavy atom. The molecule has 0 aliphatic carbocycles. The predicted molar refractivity (Wildman–Crippen MR) is 123 cm³/mol. The molecule has 0 spiro atoms. The molecule has 0 unspecified atom stereocenters. The summed E-state index contributed by atoms with van der Waals surface area (Å²) in [5.41, 5.74) is 1.54. The second-order valence-electron chi connectivity index (χ2n) is 7.50. The van der Waals surface area contributed by atoms with Crippen LogP contribution in [0.5, 0.6) is 0 Å². The number of fused-ring (bicyclic) bond motifs is 1. The molecule has 3 aromatic heterocycles. The van der Waals surface area contributed by atoms with Crippen molar-refractivity contribution in [3.05, 3.63) is 87.7 Å². The summed E-state index contributed by atoms with van der Waals surface area (Å²) in [5, 5.41) is 11.4. The molecule has 1 amide bonds. The summed E-state index contributed by atoms with van der Waals surface area (Å²) in [4.78, 5) is 29.7. The van der Waals surface area contributed by atoms with Gasteiger partial charge in [0.1, 0.15) is 12.4 Å². The van der Waals surface area contributed by atoms with E-state index in [2.05, 4.69) is 20.6 Å². The Balaban J connectivity index is 1.44. The minimum absolute atomic E-state index is 0.150. The third kappa shape index (κ3) is 4.06. The molecule has 9 nitrogen and oxygen atoms in total. The van der Waals surface area contributed by atoms with E-state index in [0.717, 1.165) is 4.68 Å². The maximum Gasteiger partial charge on any atom is 0.350 e. The molecule has 0 fully saturated rings. The average Bonchev–Trinajstić information content (AvgIpc) is 3.42. The highest BCUT2D eigenvalue weighted by Crippen LogP contribution is 2.25. The summed E-state index contributed by atoms with van der Waals surface area (Å²) >= 11 is 6.04. The summed E-state index contributed by atoms with van der Waals surface area (Å²) in [6.45, 7) is 1.25. The first-order valence-corrected chi connectivity index (χ1v) is 10.5. The Kier molecular flexibility index (Phi) is 5.42. The van der Waals surface area contributed by atoms with Crippen molar-refractivity contribution < 1.29 is 13.7 Å². The molecule has 0 saturated carbocycles. The van der Waals surface area contributed by atoms with E-state index in [4.69, 9.17) is 16.1 Å². The lowest BCUT2D eigenvalue weighted by Gasteiger charge is -2.05. The van der Waals surface area contributed by atoms with Gasteiger partial charge in [0.15, 0.2) is 5.65 Å². The molecule has 0 bridgehead atoms. The minimum atomic E-state index is -0.531. The zero-order chi connectivity index (χ0) is 23.8. The number of rotatable bonds is 5. The van der Waals surface area contributed by atoms with E-state index < -0.39 is 17.4 Å². The van der Waals surface area contributed by atoms with Crippen molar-refractivity contribution in [2.24, 2.45) is 0 Å². The summed E-state index contributed by atoms with van der Waals surface area (Å²) in [6.07, 6.45) is 1.52. The molecule has 0 aliphatic heterocycles. The van der Waals surface area contributed by atoms with E-state index in [0.29, 0.717) is 27.5 Å². The van der Waals surface area contributed by atoms with Crippen LogP contribution in [0.3, 0.4) is 0 Å². The van der Waals surface area contributed by atoms with Gasteiger partial charge in [-0.2, -0.15) is 4.98 Å². The fraction of sp³-hybridized carbons (Fsp3) is 0.0870. The number of aryl methyl sites for hydroxylation is 1. The summed E-state index contributed by atoms with van der Waals surface area (Å²) in [6, 6.07) is 14.6. The number of halogens is 2. The van der Waals surface area contributed by atoms with Crippen molar-refractivity contribution in [3.8, 4) is 22.8 Å². The Morgan fingerprint density at radius 3 is 2.82 bits per heavy atom. The smallest absolute Gasteiger partial charge is 0.333 e. The number of benzene rings is 2. The number of aromatic nitrogens is 5. The van der Waals surface area contributed by atoms with Crippen LogP contribution in [-0.2, 0) is 11.3 Å². The minimum Gasteiger partial charge on any atom is -0.333 e. The fourth-order valence-corrected chi connectivity index (χ4v) is 3.58. The van der Waals surface area contributed by atoms with Gasteiger partial charge in [-0.25, -0.2) is 18.3 Å². The van der Waals surface area contributed by atoms with Gasteiger partial charge in [0.2, 0.25) is 11.7 Å². The Bertz CT molecular complexity index is 1610. The normalized spacial score (nSPS) is 11.1. The SMILES string of the molecule is Cc1ccc(NC(=O)Cn2nc3c(-c4nc(-c5cccc(Cl)c5)no4)cccn3c2=O)cc1F. The molecule has 2 aromatic carbocycles. The second kappa shape index (κ2) is 8.56. The second-order valence-corrected chi connectivity index (χ2v) is 7.94. The van der Waals surface area contributed by atoms with Gasteiger partial charge in [-0.1, -0.05) is 35.0 Å². The van der Waals surface area contributed by atoms with Crippen molar-refractivity contribution in [1.82, 2.24) is 24.3 Å². The van der Waals surface area contributed by atoms with Crippen LogP contribution in [0.25, 0.3) is 28.5 Å². The van der Waals surface area contributed by atoms with Crippen LogP contribution < -0.4 is 11.0 Å². The van der Waals surface area contributed by atoms with Gasteiger partial charge >= 0.3 is 5.69 Å². The number of carbonyl (C=O) groups is 1. The van der Waals surface area contributed by atoms with Crippen molar-refractivity contribution in [2.45, 2.75) is 13.5 Å². The Labute approximate surface area is 196 Å². The van der Waals surface area contributed by atoms with E-state index in [9.17, 15) is 14.0 Å². The lowest BCUT2D eigenvalue weighted by atomic mass is 10.2. The molecule has 5 aromatic rings. The van der Waals surface area contributed by atoms with Crippen molar-refractivity contribution in [2.75, 3.05) is 5.32 Å². The van der Waals surface area contributed by atoms with E-state index in [1.807, 2.05) is 0 Å². The largest absolute Gasteiger partial charge is 0.350 e. The predicted octanol–water partition coefficient (Wildman–Crippen LogP) is 3.95. The number of hydrogen-bond donors (Lipinski definition) is 1. The highest BCUT2D eigenvalue weighted by molar-refractivity contribution is 6.30. The molecule has 0 radical (unpaired) electrons. The number of hydrogen-bond acceptors (Lipinski definition) is 6. The van der Waals surface area contributed by atoms with E-state index >= 15 is 0 Å². The van der Waals surface area contributed by atoms with Crippen LogP contribution in [0, 0.1) is 12.7 Å². The van der Waals surface area contributed by atoms with Crippen molar-refractivity contribution in [1.29, 1.82) is 0 Å². The van der Waals surface area contributed by atoms with Crippen LogP contribution in [0.15, 0.2) is 70.1 Å². The third-order valence-corrected chi connectivity index (χ3v) is 5.33. The van der Waals surface area contributed by atoms with Crippen LogP contribution in [-0.4, -0.2) is 30.2 Å². The molecular weight excluding hydrogens is 463 g/mol. The topological polar surface area (TPSA) is 107 Å². The maximum absolute atomic E-state index is 13.7. The highest BCUT2D eigenvalue weighted by Gasteiger charge is 2.19. The first kappa shape index (κ1) is 21.5. The van der Waals surface area contributed by atoms with Gasteiger partial charge in [0.05, 0.1) is 5.56 Å². The first-order valence-electron chi connectivity index (χ1n) is 10.1. The third-order valence-electron chi connectivity index (χ3n) is 5.10. The molecule has 0 atom stereocenters. The fourth-order valence-electron chi connectivity index (χ4n) is 3.39. The lowest BCUT2D eigenvalue weighted by molar-refractivity contribution is -0.117. The molecule has 5 rings (SSSR count). The van der Waals surface area contributed by atoms with E-state index in [1.165, 1.54) is 16.7 Å². The molecular formula is C23H16ClFN6O3. The molecule has 0 saturated heterocycles. The summed E-state index contributed by atoms with van der Waals surface area (Å²) in [7, 11) is 0. The van der Waals surface area contributed by atoms with Gasteiger partial charge < -0.3 is 9.84 Å². The molecule has 170 valence electrons. The number of pyridine rings is 1. The number of nitrogens with one attached hydrogen (secondary N) is 1. The first-order chi connectivity index (χ1) is 16.4. The summed E-state index contributed by atoms with van der Waals surface area (Å²) in [5.74, 6) is -0.497. The van der Waals surface area contributed by atoms with Crippen LogP contribution in [0.4, 0.5) is 10.1 Å². The van der Waals surface area contributed by atoms with Crippen LogP contribution in [0.1, 0.15) is 5.56 Å². The molecule has 3 heterocycles. The molecule has 34 heavy (non-hydrogen) atoms. The highest BCUT2D eigenvalue weighted by atomic mass is 35.5. The standard InChI is InChI=1S/C23H16ClFN6O3/c1-13-7-8-16(11-18(13)25)26-19(32)12-31-23(33)30-9-3-6-17(21(30)28-31)22-27-20(29-34-22)14-4-2-5-15(24)10-14/h2-11H,12H2,1H3,(H,26,32). The Hall–Kier alpha value is -4.31. The van der Waals surface area contributed by atoms with Gasteiger partial charge in [0, 0.05) is 22.5 Å². The quantitative estimate of drug-likeness (QED) is 0.410. The average molecular weight is 479 g/mol. The van der Waals surface area contributed by atoms with Gasteiger partial charge in [-0.05, 0) is 48.9 Å². The number of nitrogens with zero attached hydrogens (tertiary/aromatic N) is 5. The van der Waals surface area contributed by atoms with Crippen LogP contribution in [0.2, 0.25) is 5.02 Å². The van der Waals surface area contributed by atoms with Crippen LogP contribution >= 0.6 is 11.6 Å². The number of carbonyl (C=O) groups excluding carboxylic acids is 1. The van der Waals surface area contributed by atoms with Gasteiger partial charge in [-0.3, -0.25) is 4.79 Å². The molecule has 0 aliphatic rings. The number of amides is 1. The molecule has 11 heteroatoms. The number of anilines is 1. The zero-order valence-corrected chi connectivity index (χ0v) is 18.5. The zero-order valence-electron chi connectivity index (χ0n) is 17.7. The molecule has 1 N–H and O–H groups in total.